The second-order valence-electron chi connectivity index (χ2n) is 5.99. The van der Waals surface area contributed by atoms with Gasteiger partial charge < -0.3 is 14.8 Å². The zero-order chi connectivity index (χ0) is 14.8. The molecule has 1 atom stereocenters. The number of amides is 2. The average Bonchev–Trinajstić information content (AvgIpc) is 2.91. The molecule has 1 aromatic rings. The summed E-state index contributed by atoms with van der Waals surface area (Å²) in [5, 5.41) is 3.05. The predicted octanol–water partition coefficient (Wildman–Crippen LogP) is -0.439. The SMILES string of the molecule is CN(Cc1nccn1C)C(=O)NCC1CN2CCN1CC2. The van der Waals surface area contributed by atoms with E-state index < -0.39 is 0 Å². The fourth-order valence-corrected chi connectivity index (χ4v) is 3.09. The van der Waals surface area contributed by atoms with Crippen LogP contribution in [0.3, 0.4) is 0 Å². The summed E-state index contributed by atoms with van der Waals surface area (Å²) in [5.41, 5.74) is 0. The maximum Gasteiger partial charge on any atom is 0.317 e. The topological polar surface area (TPSA) is 56.6 Å². The molecule has 3 fully saturated rings. The normalized spacial score (nSPS) is 27.6. The van der Waals surface area contributed by atoms with Crippen molar-refractivity contribution in [3.05, 3.63) is 18.2 Å². The lowest BCUT2D eigenvalue weighted by Crippen LogP contribution is -2.63. The van der Waals surface area contributed by atoms with Crippen molar-refractivity contribution in [2.24, 2.45) is 7.05 Å². The first-order valence-corrected chi connectivity index (χ1v) is 7.55. The first-order chi connectivity index (χ1) is 10.1. The van der Waals surface area contributed by atoms with Gasteiger partial charge in [0.15, 0.2) is 0 Å². The highest BCUT2D eigenvalue weighted by molar-refractivity contribution is 5.73. The molecule has 1 N–H and O–H groups in total. The summed E-state index contributed by atoms with van der Waals surface area (Å²) in [6.45, 7) is 6.92. The van der Waals surface area contributed by atoms with E-state index in [2.05, 4.69) is 20.1 Å². The van der Waals surface area contributed by atoms with Crippen LogP contribution in [0.2, 0.25) is 0 Å². The Labute approximate surface area is 125 Å². The maximum absolute atomic E-state index is 12.2. The number of aryl methyl sites for hydroxylation is 1. The minimum absolute atomic E-state index is 0.0318. The third-order valence-electron chi connectivity index (χ3n) is 4.53. The number of nitrogens with one attached hydrogen (secondary N) is 1. The number of fused-ring (bicyclic) bond motifs is 3. The lowest BCUT2D eigenvalue weighted by atomic mass is 10.1. The third-order valence-corrected chi connectivity index (χ3v) is 4.53. The van der Waals surface area contributed by atoms with Gasteiger partial charge in [0.25, 0.3) is 0 Å². The Balaban J connectivity index is 1.46. The molecule has 1 unspecified atom stereocenters. The van der Waals surface area contributed by atoms with Crippen LogP contribution >= 0.6 is 0 Å². The van der Waals surface area contributed by atoms with Crippen molar-refractivity contribution < 1.29 is 4.79 Å². The Morgan fingerprint density at radius 1 is 1.43 bits per heavy atom. The number of carbonyl (C=O) groups is 1. The lowest BCUT2D eigenvalue weighted by molar-refractivity contribution is 0.0144. The first-order valence-electron chi connectivity index (χ1n) is 7.55. The van der Waals surface area contributed by atoms with Gasteiger partial charge in [0, 0.05) is 71.8 Å². The van der Waals surface area contributed by atoms with E-state index in [1.165, 1.54) is 13.1 Å². The molecular formula is C14H24N6O. The Morgan fingerprint density at radius 2 is 2.19 bits per heavy atom. The van der Waals surface area contributed by atoms with Crippen molar-refractivity contribution in [3.8, 4) is 0 Å². The minimum atomic E-state index is -0.0318. The van der Waals surface area contributed by atoms with Crippen LogP contribution in [0.5, 0.6) is 0 Å². The summed E-state index contributed by atoms with van der Waals surface area (Å²) in [6, 6.07) is 0.425. The van der Waals surface area contributed by atoms with E-state index in [9.17, 15) is 4.79 Å². The van der Waals surface area contributed by atoms with E-state index in [0.29, 0.717) is 12.6 Å². The monoisotopic (exact) mass is 292 g/mol. The molecule has 4 heterocycles. The highest BCUT2D eigenvalue weighted by atomic mass is 16.2. The van der Waals surface area contributed by atoms with Crippen LogP contribution in [0.25, 0.3) is 0 Å². The van der Waals surface area contributed by atoms with Gasteiger partial charge in [0.2, 0.25) is 0 Å². The van der Waals surface area contributed by atoms with Gasteiger partial charge >= 0.3 is 6.03 Å². The zero-order valence-electron chi connectivity index (χ0n) is 12.8. The zero-order valence-corrected chi connectivity index (χ0v) is 12.8. The number of urea groups is 1. The molecule has 0 aromatic carbocycles. The largest absolute Gasteiger partial charge is 0.337 e. The van der Waals surface area contributed by atoms with E-state index in [0.717, 1.165) is 32.0 Å². The standard InChI is InChI=1S/C14H24N6O/c1-17-4-3-15-13(17)11-18(2)14(21)16-9-12-10-19-5-7-20(12)8-6-19/h3-4,12H,5-11H2,1-2H3,(H,16,21). The van der Waals surface area contributed by atoms with Gasteiger partial charge in [0.1, 0.15) is 5.82 Å². The molecule has 21 heavy (non-hydrogen) atoms. The molecule has 0 saturated carbocycles. The Hall–Kier alpha value is -1.60. The van der Waals surface area contributed by atoms with Crippen molar-refractivity contribution in [2.45, 2.75) is 12.6 Å². The summed E-state index contributed by atoms with van der Waals surface area (Å²) < 4.78 is 1.93. The highest BCUT2D eigenvalue weighted by Crippen LogP contribution is 2.14. The second kappa shape index (κ2) is 6.03. The Morgan fingerprint density at radius 3 is 2.76 bits per heavy atom. The van der Waals surface area contributed by atoms with Crippen LogP contribution < -0.4 is 5.32 Å². The molecule has 2 bridgehead atoms. The molecule has 116 valence electrons. The molecule has 3 saturated heterocycles. The number of piperazine rings is 3. The van der Waals surface area contributed by atoms with Gasteiger partial charge in [-0.15, -0.1) is 0 Å². The van der Waals surface area contributed by atoms with Gasteiger partial charge in [-0.2, -0.15) is 0 Å². The van der Waals surface area contributed by atoms with Crippen LogP contribution in [0.15, 0.2) is 12.4 Å². The van der Waals surface area contributed by atoms with Crippen LogP contribution in [-0.2, 0) is 13.6 Å². The van der Waals surface area contributed by atoms with Crippen molar-refractivity contribution >= 4 is 6.03 Å². The Bertz CT molecular complexity index is 493. The number of nitrogens with zero attached hydrogens (tertiary/aromatic N) is 5. The fourth-order valence-electron chi connectivity index (χ4n) is 3.09. The van der Waals surface area contributed by atoms with Crippen molar-refractivity contribution in [2.75, 3.05) is 46.3 Å². The summed E-state index contributed by atoms with van der Waals surface area (Å²) in [7, 11) is 3.75. The number of carbonyl (C=O) groups excluding carboxylic acids is 1. The van der Waals surface area contributed by atoms with Gasteiger partial charge in [-0.1, -0.05) is 0 Å². The number of hydrogen-bond donors (Lipinski definition) is 1. The number of hydrogen-bond acceptors (Lipinski definition) is 4. The summed E-state index contributed by atoms with van der Waals surface area (Å²) in [5.74, 6) is 0.888. The molecule has 7 nitrogen and oxygen atoms in total. The maximum atomic E-state index is 12.2. The molecule has 0 aliphatic carbocycles. The minimum Gasteiger partial charge on any atom is -0.337 e. The number of aromatic nitrogens is 2. The van der Waals surface area contributed by atoms with Crippen molar-refractivity contribution in [1.29, 1.82) is 0 Å². The van der Waals surface area contributed by atoms with Crippen LogP contribution in [-0.4, -0.2) is 82.6 Å². The van der Waals surface area contributed by atoms with E-state index in [1.807, 2.05) is 17.8 Å². The molecule has 7 heteroatoms. The second-order valence-corrected chi connectivity index (χ2v) is 5.99. The molecule has 3 aliphatic rings. The molecule has 2 amide bonds. The van der Waals surface area contributed by atoms with Gasteiger partial charge in [0.05, 0.1) is 6.54 Å². The quantitative estimate of drug-likeness (QED) is 0.817. The molecule has 0 spiro atoms. The first kappa shape index (κ1) is 14.3. The number of imidazole rings is 1. The van der Waals surface area contributed by atoms with Gasteiger partial charge in [-0.3, -0.25) is 9.80 Å². The van der Waals surface area contributed by atoms with E-state index >= 15 is 0 Å². The number of rotatable bonds is 4. The Kier molecular flexibility index (Phi) is 4.12. The highest BCUT2D eigenvalue weighted by Gasteiger charge is 2.31. The van der Waals surface area contributed by atoms with Gasteiger partial charge in [-0.25, -0.2) is 9.78 Å². The molecular weight excluding hydrogens is 268 g/mol. The smallest absolute Gasteiger partial charge is 0.317 e. The summed E-state index contributed by atoms with van der Waals surface area (Å²) in [6.07, 6.45) is 3.64. The molecule has 1 aromatic heterocycles. The molecule has 4 rings (SSSR count). The van der Waals surface area contributed by atoms with Crippen LogP contribution in [0.1, 0.15) is 5.82 Å². The van der Waals surface area contributed by atoms with E-state index in [-0.39, 0.29) is 6.03 Å². The van der Waals surface area contributed by atoms with E-state index in [4.69, 9.17) is 0 Å². The van der Waals surface area contributed by atoms with Crippen molar-refractivity contribution in [3.63, 3.8) is 0 Å². The van der Waals surface area contributed by atoms with Gasteiger partial charge in [-0.05, 0) is 0 Å². The predicted molar refractivity (Wildman–Crippen MR) is 79.9 cm³/mol. The van der Waals surface area contributed by atoms with E-state index in [1.54, 1.807) is 18.1 Å². The van der Waals surface area contributed by atoms with Crippen molar-refractivity contribution in [1.82, 2.24) is 29.6 Å². The summed E-state index contributed by atoms with van der Waals surface area (Å²) in [4.78, 5) is 23.1. The molecule has 0 radical (unpaired) electrons. The van der Waals surface area contributed by atoms with Crippen LogP contribution in [0.4, 0.5) is 4.79 Å². The summed E-state index contributed by atoms with van der Waals surface area (Å²) >= 11 is 0. The molecule has 3 aliphatic heterocycles. The van der Waals surface area contributed by atoms with Crippen LogP contribution in [0, 0.1) is 0 Å². The third kappa shape index (κ3) is 3.19. The fraction of sp³-hybridized carbons (Fsp3) is 0.714. The lowest BCUT2D eigenvalue weighted by Gasteiger charge is -2.47. The average molecular weight is 292 g/mol.